The molecule has 0 radical (unpaired) electrons. The highest BCUT2D eigenvalue weighted by Crippen LogP contribution is 2.44. The van der Waals surface area contributed by atoms with Crippen LogP contribution in [-0.4, -0.2) is 29.8 Å². The van der Waals surface area contributed by atoms with Crippen molar-refractivity contribution >= 4 is 12.1 Å². The van der Waals surface area contributed by atoms with Gasteiger partial charge in [-0.3, -0.25) is 0 Å². The minimum atomic E-state index is -1.14. The van der Waals surface area contributed by atoms with Crippen LogP contribution in [0.1, 0.15) is 28.2 Å². The summed E-state index contributed by atoms with van der Waals surface area (Å²) in [5, 5.41) is 21.3. The summed E-state index contributed by atoms with van der Waals surface area (Å²) in [5.41, 5.74) is 7.57. The van der Waals surface area contributed by atoms with E-state index in [0.29, 0.717) is 5.56 Å². The Morgan fingerprint density at radius 1 is 0.865 bits per heavy atom. The normalized spacial score (nSPS) is 12.6. The van der Waals surface area contributed by atoms with Crippen LogP contribution in [0.15, 0.2) is 97.1 Å². The van der Waals surface area contributed by atoms with E-state index in [1.165, 1.54) is 0 Å². The second kappa shape index (κ2) is 10.4. The third kappa shape index (κ3) is 5.07. The van der Waals surface area contributed by atoms with Crippen molar-refractivity contribution in [1.29, 1.82) is 5.26 Å². The van der Waals surface area contributed by atoms with E-state index in [1.807, 2.05) is 72.8 Å². The molecule has 0 spiro atoms. The molecule has 4 aromatic rings. The zero-order chi connectivity index (χ0) is 25.8. The van der Waals surface area contributed by atoms with Crippen LogP contribution in [0.3, 0.4) is 0 Å². The fourth-order valence-electron chi connectivity index (χ4n) is 4.82. The fourth-order valence-corrected chi connectivity index (χ4v) is 4.82. The number of nitriles is 1. The lowest BCUT2D eigenvalue weighted by Crippen LogP contribution is -2.42. The molecule has 4 aromatic carbocycles. The summed E-state index contributed by atoms with van der Waals surface area (Å²) >= 11 is 0. The quantitative estimate of drug-likeness (QED) is 0.345. The summed E-state index contributed by atoms with van der Waals surface area (Å²) in [7, 11) is 0. The first-order valence-electron chi connectivity index (χ1n) is 12.0. The number of amides is 1. The molecule has 0 aromatic heterocycles. The van der Waals surface area contributed by atoms with Crippen molar-refractivity contribution in [1.82, 2.24) is 5.32 Å². The Labute approximate surface area is 214 Å². The molecule has 1 aliphatic carbocycles. The highest BCUT2D eigenvalue weighted by molar-refractivity contribution is 5.81. The van der Waals surface area contributed by atoms with Crippen LogP contribution in [0.25, 0.3) is 22.3 Å². The third-order valence-electron chi connectivity index (χ3n) is 6.65. The van der Waals surface area contributed by atoms with Gasteiger partial charge in [-0.05, 0) is 51.1 Å². The van der Waals surface area contributed by atoms with Gasteiger partial charge >= 0.3 is 12.1 Å². The van der Waals surface area contributed by atoms with Gasteiger partial charge in [0.05, 0.1) is 11.6 Å². The average molecular weight is 489 g/mol. The molecule has 0 saturated carbocycles. The summed E-state index contributed by atoms with van der Waals surface area (Å²) in [4.78, 5) is 24.5. The molecule has 1 atom stereocenters. The van der Waals surface area contributed by atoms with E-state index in [-0.39, 0.29) is 18.9 Å². The summed E-state index contributed by atoms with van der Waals surface area (Å²) in [6, 6.07) is 31.7. The molecule has 0 fully saturated rings. The lowest BCUT2D eigenvalue weighted by Gasteiger charge is -2.17. The van der Waals surface area contributed by atoms with Gasteiger partial charge in [0.1, 0.15) is 12.6 Å². The zero-order valence-electron chi connectivity index (χ0n) is 19.9. The molecule has 37 heavy (non-hydrogen) atoms. The van der Waals surface area contributed by atoms with Crippen molar-refractivity contribution in [2.75, 3.05) is 6.61 Å². The monoisotopic (exact) mass is 488 g/mol. The van der Waals surface area contributed by atoms with E-state index in [2.05, 4.69) is 23.5 Å². The van der Waals surface area contributed by atoms with Crippen LogP contribution in [0, 0.1) is 11.3 Å². The van der Waals surface area contributed by atoms with Gasteiger partial charge in [-0.1, -0.05) is 84.9 Å². The molecule has 0 bridgehead atoms. The standard InChI is InChI=1S/C31H24N2O4/c32-18-21-6-5-7-23(16-21)22-14-12-20(13-15-22)17-29(30(34)35)33-31(36)37-19-28-26-10-3-1-8-24(26)25-9-2-4-11-27(25)28/h1-16,28-29H,17,19H2,(H,33,36)(H,34,35)/t29-/m0/s1. The molecule has 6 heteroatoms. The Bertz CT molecular complexity index is 1460. The zero-order valence-corrected chi connectivity index (χ0v) is 19.9. The van der Waals surface area contributed by atoms with Gasteiger partial charge in [-0.15, -0.1) is 0 Å². The van der Waals surface area contributed by atoms with Crippen LogP contribution in [-0.2, 0) is 16.0 Å². The molecule has 0 saturated heterocycles. The number of fused-ring (bicyclic) bond motifs is 3. The van der Waals surface area contributed by atoms with Gasteiger partial charge in [-0.2, -0.15) is 5.26 Å². The molecule has 6 nitrogen and oxygen atoms in total. The number of ether oxygens (including phenoxy) is 1. The molecule has 0 unspecified atom stereocenters. The molecule has 182 valence electrons. The van der Waals surface area contributed by atoms with Gasteiger partial charge in [0.15, 0.2) is 0 Å². The first kappa shape index (κ1) is 23.8. The first-order valence-corrected chi connectivity index (χ1v) is 12.0. The van der Waals surface area contributed by atoms with E-state index in [4.69, 9.17) is 10.00 Å². The maximum atomic E-state index is 12.6. The Morgan fingerprint density at radius 3 is 2.14 bits per heavy atom. The Balaban J connectivity index is 1.23. The largest absolute Gasteiger partial charge is 0.480 e. The molecule has 5 rings (SSSR count). The number of aliphatic carboxylic acids is 1. The Morgan fingerprint density at radius 2 is 1.51 bits per heavy atom. The lowest BCUT2D eigenvalue weighted by molar-refractivity contribution is -0.139. The van der Waals surface area contributed by atoms with Crippen LogP contribution in [0.2, 0.25) is 0 Å². The van der Waals surface area contributed by atoms with Crippen molar-refractivity contribution in [2.45, 2.75) is 18.4 Å². The summed E-state index contributed by atoms with van der Waals surface area (Å²) in [5.74, 6) is -1.24. The number of hydrogen-bond acceptors (Lipinski definition) is 4. The number of carboxylic acids is 1. The van der Waals surface area contributed by atoms with E-state index < -0.39 is 18.1 Å². The Kier molecular flexibility index (Phi) is 6.69. The average Bonchev–Trinajstić information content (AvgIpc) is 3.25. The van der Waals surface area contributed by atoms with Crippen LogP contribution in [0.5, 0.6) is 0 Å². The van der Waals surface area contributed by atoms with Gasteiger partial charge in [0, 0.05) is 12.3 Å². The molecule has 1 aliphatic rings. The minimum Gasteiger partial charge on any atom is -0.480 e. The minimum absolute atomic E-state index is 0.103. The Hall–Kier alpha value is -4.89. The topological polar surface area (TPSA) is 99.4 Å². The number of alkyl carbamates (subject to hydrolysis) is 1. The van der Waals surface area contributed by atoms with Gasteiger partial charge in [0.25, 0.3) is 0 Å². The van der Waals surface area contributed by atoms with Gasteiger partial charge in [0.2, 0.25) is 0 Å². The number of carbonyl (C=O) groups is 2. The first-order chi connectivity index (χ1) is 18.0. The number of nitrogens with one attached hydrogen (secondary N) is 1. The molecule has 0 aliphatic heterocycles. The second-order valence-electron chi connectivity index (χ2n) is 8.95. The second-order valence-corrected chi connectivity index (χ2v) is 8.95. The summed E-state index contributed by atoms with van der Waals surface area (Å²) in [6.07, 6.45) is -0.655. The summed E-state index contributed by atoms with van der Waals surface area (Å²) < 4.78 is 5.52. The van der Waals surface area contributed by atoms with Gasteiger partial charge < -0.3 is 15.2 Å². The SMILES string of the molecule is N#Cc1cccc(-c2ccc(C[C@H](NC(=O)OCC3c4ccccc4-c4ccccc43)C(=O)O)cc2)c1. The van der Waals surface area contributed by atoms with Crippen molar-refractivity contribution in [2.24, 2.45) is 0 Å². The van der Waals surface area contributed by atoms with Gasteiger partial charge in [-0.25, -0.2) is 9.59 Å². The fraction of sp³-hybridized carbons (Fsp3) is 0.129. The predicted octanol–water partition coefficient (Wildman–Crippen LogP) is 5.76. The van der Waals surface area contributed by atoms with Crippen molar-refractivity contribution in [3.05, 3.63) is 119 Å². The van der Waals surface area contributed by atoms with Crippen LogP contribution < -0.4 is 5.32 Å². The van der Waals surface area contributed by atoms with E-state index in [1.54, 1.807) is 12.1 Å². The van der Waals surface area contributed by atoms with Crippen molar-refractivity contribution < 1.29 is 19.4 Å². The number of carboxylic acid groups (broad SMARTS) is 1. The lowest BCUT2D eigenvalue weighted by atomic mass is 9.98. The number of hydrogen-bond donors (Lipinski definition) is 2. The number of benzene rings is 4. The smallest absolute Gasteiger partial charge is 0.407 e. The summed E-state index contributed by atoms with van der Waals surface area (Å²) in [6.45, 7) is 0.114. The number of rotatable bonds is 7. The number of nitrogens with zero attached hydrogens (tertiary/aromatic N) is 1. The molecule has 1 amide bonds. The highest BCUT2D eigenvalue weighted by atomic mass is 16.5. The molecule has 2 N–H and O–H groups in total. The molecular weight excluding hydrogens is 464 g/mol. The highest BCUT2D eigenvalue weighted by Gasteiger charge is 2.29. The maximum Gasteiger partial charge on any atom is 0.407 e. The van der Waals surface area contributed by atoms with E-state index in [0.717, 1.165) is 38.9 Å². The van der Waals surface area contributed by atoms with E-state index >= 15 is 0 Å². The van der Waals surface area contributed by atoms with E-state index in [9.17, 15) is 14.7 Å². The van der Waals surface area contributed by atoms with Crippen molar-refractivity contribution in [3.8, 4) is 28.3 Å². The van der Waals surface area contributed by atoms with Crippen LogP contribution in [0.4, 0.5) is 4.79 Å². The van der Waals surface area contributed by atoms with Crippen LogP contribution >= 0.6 is 0 Å². The van der Waals surface area contributed by atoms with Crippen molar-refractivity contribution in [3.63, 3.8) is 0 Å². The maximum absolute atomic E-state index is 12.6. The third-order valence-corrected chi connectivity index (χ3v) is 6.65. The predicted molar refractivity (Wildman–Crippen MR) is 140 cm³/mol. The molecular formula is C31H24N2O4. The number of carbonyl (C=O) groups excluding carboxylic acids is 1. The molecule has 0 heterocycles.